The molecule has 5 nitrogen and oxygen atoms in total. The summed E-state index contributed by atoms with van der Waals surface area (Å²) in [6, 6.07) is 14.1. The zero-order valence-corrected chi connectivity index (χ0v) is 15.1. The minimum Gasteiger partial charge on any atom is -0.496 e. The molecule has 0 radical (unpaired) electrons. The molecule has 5 heteroatoms. The first-order chi connectivity index (χ1) is 12.3. The molecule has 0 bridgehead atoms. The summed E-state index contributed by atoms with van der Waals surface area (Å²) in [5.41, 5.74) is 2.16. The standard InChI is InChI=1S/C20H26N2O3/c1-23-16-8-5-4-7-15(16)20(22-13-11-21-12-14-22)19-17(24-2)9-6-10-18(19)25-3/h4-10,20-21H,11-14H2,1-3H3. The van der Waals surface area contributed by atoms with E-state index in [9.17, 15) is 0 Å². The molecule has 0 aliphatic carbocycles. The molecule has 1 saturated heterocycles. The van der Waals surface area contributed by atoms with Gasteiger partial charge in [0.05, 0.1) is 32.9 Å². The van der Waals surface area contributed by atoms with Gasteiger partial charge in [0.2, 0.25) is 0 Å². The Morgan fingerprint density at radius 3 is 1.96 bits per heavy atom. The van der Waals surface area contributed by atoms with Gasteiger partial charge < -0.3 is 19.5 Å². The van der Waals surface area contributed by atoms with E-state index in [1.165, 1.54) is 0 Å². The highest BCUT2D eigenvalue weighted by molar-refractivity contribution is 5.53. The molecular weight excluding hydrogens is 316 g/mol. The molecular formula is C20H26N2O3. The molecule has 1 heterocycles. The molecule has 1 N–H and O–H groups in total. The highest BCUT2D eigenvalue weighted by atomic mass is 16.5. The van der Waals surface area contributed by atoms with Crippen LogP contribution in [-0.4, -0.2) is 52.4 Å². The molecule has 2 aromatic carbocycles. The molecule has 1 aliphatic rings. The smallest absolute Gasteiger partial charge is 0.127 e. The number of hydrogen-bond donors (Lipinski definition) is 1. The molecule has 1 atom stereocenters. The van der Waals surface area contributed by atoms with Gasteiger partial charge in [-0.2, -0.15) is 0 Å². The van der Waals surface area contributed by atoms with Crippen molar-refractivity contribution < 1.29 is 14.2 Å². The number of nitrogens with zero attached hydrogens (tertiary/aromatic N) is 1. The van der Waals surface area contributed by atoms with Gasteiger partial charge in [-0.1, -0.05) is 24.3 Å². The van der Waals surface area contributed by atoms with E-state index in [1.54, 1.807) is 21.3 Å². The van der Waals surface area contributed by atoms with E-state index in [-0.39, 0.29) is 6.04 Å². The van der Waals surface area contributed by atoms with Gasteiger partial charge in [-0.3, -0.25) is 4.90 Å². The van der Waals surface area contributed by atoms with Gasteiger partial charge in [-0.05, 0) is 18.2 Å². The lowest BCUT2D eigenvalue weighted by Crippen LogP contribution is -2.45. The Kier molecular flexibility index (Phi) is 5.79. The summed E-state index contributed by atoms with van der Waals surface area (Å²) in [5.74, 6) is 2.53. The summed E-state index contributed by atoms with van der Waals surface area (Å²) in [6.07, 6.45) is 0. The zero-order valence-electron chi connectivity index (χ0n) is 15.1. The third-order valence-corrected chi connectivity index (χ3v) is 4.69. The van der Waals surface area contributed by atoms with Crippen molar-refractivity contribution in [2.24, 2.45) is 0 Å². The van der Waals surface area contributed by atoms with Gasteiger partial charge in [-0.15, -0.1) is 0 Å². The molecule has 25 heavy (non-hydrogen) atoms. The van der Waals surface area contributed by atoms with Crippen LogP contribution in [-0.2, 0) is 0 Å². The van der Waals surface area contributed by atoms with Crippen LogP contribution in [0.4, 0.5) is 0 Å². The fourth-order valence-electron chi connectivity index (χ4n) is 3.52. The van der Waals surface area contributed by atoms with E-state index in [0.29, 0.717) is 0 Å². The fourth-order valence-corrected chi connectivity index (χ4v) is 3.52. The van der Waals surface area contributed by atoms with Gasteiger partial charge in [-0.25, -0.2) is 0 Å². The highest BCUT2D eigenvalue weighted by Gasteiger charge is 2.31. The van der Waals surface area contributed by atoms with Crippen LogP contribution in [0.15, 0.2) is 42.5 Å². The summed E-state index contributed by atoms with van der Waals surface area (Å²) in [5, 5.41) is 3.42. The van der Waals surface area contributed by atoms with Gasteiger partial charge >= 0.3 is 0 Å². The molecule has 0 saturated carbocycles. The normalized spacial score (nSPS) is 16.3. The Hall–Kier alpha value is -2.24. The van der Waals surface area contributed by atoms with Gasteiger partial charge in [0.25, 0.3) is 0 Å². The number of para-hydroxylation sites is 1. The quantitative estimate of drug-likeness (QED) is 0.874. The molecule has 1 fully saturated rings. The van der Waals surface area contributed by atoms with Crippen molar-refractivity contribution in [1.82, 2.24) is 10.2 Å². The lowest BCUT2D eigenvalue weighted by molar-refractivity contribution is 0.189. The van der Waals surface area contributed by atoms with Crippen molar-refractivity contribution in [3.05, 3.63) is 53.6 Å². The predicted molar refractivity (Wildman–Crippen MR) is 98.8 cm³/mol. The van der Waals surface area contributed by atoms with Crippen molar-refractivity contribution >= 4 is 0 Å². The van der Waals surface area contributed by atoms with Crippen molar-refractivity contribution in [3.63, 3.8) is 0 Å². The van der Waals surface area contributed by atoms with E-state index in [2.05, 4.69) is 22.3 Å². The van der Waals surface area contributed by atoms with Crippen LogP contribution in [0.5, 0.6) is 17.2 Å². The summed E-state index contributed by atoms with van der Waals surface area (Å²) in [4.78, 5) is 2.45. The molecule has 0 aromatic heterocycles. The Labute approximate surface area is 149 Å². The first-order valence-corrected chi connectivity index (χ1v) is 8.58. The molecule has 3 rings (SSSR count). The van der Waals surface area contributed by atoms with Gasteiger partial charge in [0, 0.05) is 31.7 Å². The summed E-state index contributed by atoms with van der Waals surface area (Å²) in [6.45, 7) is 3.82. The lowest BCUT2D eigenvalue weighted by atomic mass is 9.94. The third-order valence-electron chi connectivity index (χ3n) is 4.69. The van der Waals surface area contributed by atoms with Crippen LogP contribution < -0.4 is 19.5 Å². The van der Waals surface area contributed by atoms with Crippen molar-refractivity contribution in [1.29, 1.82) is 0 Å². The van der Waals surface area contributed by atoms with E-state index in [4.69, 9.17) is 14.2 Å². The first-order valence-electron chi connectivity index (χ1n) is 8.58. The van der Waals surface area contributed by atoms with Crippen LogP contribution in [0.2, 0.25) is 0 Å². The topological polar surface area (TPSA) is 43.0 Å². The summed E-state index contributed by atoms with van der Waals surface area (Å²) >= 11 is 0. The maximum absolute atomic E-state index is 5.69. The molecule has 1 aliphatic heterocycles. The van der Waals surface area contributed by atoms with Gasteiger partial charge in [0.1, 0.15) is 17.2 Å². The summed E-state index contributed by atoms with van der Waals surface area (Å²) in [7, 11) is 5.12. The second-order valence-corrected chi connectivity index (χ2v) is 6.01. The number of piperazine rings is 1. The largest absolute Gasteiger partial charge is 0.496 e. The molecule has 0 spiro atoms. The zero-order chi connectivity index (χ0) is 17.6. The van der Waals surface area contributed by atoms with Crippen LogP contribution in [0.1, 0.15) is 17.2 Å². The number of ether oxygens (including phenoxy) is 3. The van der Waals surface area contributed by atoms with E-state index in [1.807, 2.05) is 30.3 Å². The second kappa shape index (κ2) is 8.23. The average molecular weight is 342 g/mol. The Morgan fingerprint density at radius 1 is 0.800 bits per heavy atom. The molecule has 1 unspecified atom stereocenters. The van der Waals surface area contributed by atoms with Gasteiger partial charge in [0.15, 0.2) is 0 Å². The SMILES string of the molecule is COc1ccccc1C(c1c(OC)cccc1OC)N1CCNCC1. The van der Waals surface area contributed by atoms with E-state index >= 15 is 0 Å². The Bertz CT molecular complexity index is 677. The number of rotatable bonds is 6. The maximum Gasteiger partial charge on any atom is 0.127 e. The lowest BCUT2D eigenvalue weighted by Gasteiger charge is -2.37. The molecule has 134 valence electrons. The second-order valence-electron chi connectivity index (χ2n) is 6.01. The van der Waals surface area contributed by atoms with Crippen LogP contribution in [0.3, 0.4) is 0 Å². The number of nitrogens with one attached hydrogen (secondary N) is 1. The number of benzene rings is 2. The van der Waals surface area contributed by atoms with Crippen molar-refractivity contribution in [3.8, 4) is 17.2 Å². The van der Waals surface area contributed by atoms with E-state index < -0.39 is 0 Å². The Balaban J connectivity index is 2.18. The first kappa shape index (κ1) is 17.6. The number of methoxy groups -OCH3 is 3. The maximum atomic E-state index is 5.69. The predicted octanol–water partition coefficient (Wildman–Crippen LogP) is 2.71. The van der Waals surface area contributed by atoms with Crippen molar-refractivity contribution in [2.45, 2.75) is 6.04 Å². The highest BCUT2D eigenvalue weighted by Crippen LogP contribution is 2.43. The monoisotopic (exact) mass is 342 g/mol. The minimum absolute atomic E-state index is 0.00403. The average Bonchev–Trinajstić information content (AvgIpc) is 2.69. The van der Waals surface area contributed by atoms with Crippen molar-refractivity contribution in [2.75, 3.05) is 47.5 Å². The molecule has 2 aromatic rings. The minimum atomic E-state index is 0.00403. The third kappa shape index (κ3) is 3.57. The number of hydrogen-bond acceptors (Lipinski definition) is 5. The fraction of sp³-hybridized carbons (Fsp3) is 0.400. The van der Waals surface area contributed by atoms with Crippen LogP contribution in [0, 0.1) is 0 Å². The van der Waals surface area contributed by atoms with Crippen LogP contribution >= 0.6 is 0 Å². The Morgan fingerprint density at radius 2 is 1.36 bits per heavy atom. The van der Waals surface area contributed by atoms with E-state index in [0.717, 1.165) is 54.6 Å². The van der Waals surface area contributed by atoms with Crippen LogP contribution in [0.25, 0.3) is 0 Å². The molecule has 0 amide bonds. The summed E-state index contributed by atoms with van der Waals surface area (Å²) < 4.78 is 17.0.